The van der Waals surface area contributed by atoms with Gasteiger partial charge in [0, 0.05) is 20.6 Å². The predicted octanol–water partition coefficient (Wildman–Crippen LogP) is 6.57. The van der Waals surface area contributed by atoms with Gasteiger partial charge in [-0.15, -0.1) is 11.8 Å². The molecule has 7 rings (SSSR count). The Morgan fingerprint density at radius 1 is 1.03 bits per heavy atom. The maximum atomic E-state index is 6.65. The minimum atomic E-state index is 0.0635. The minimum absolute atomic E-state index is 0.0635. The van der Waals surface area contributed by atoms with Crippen molar-refractivity contribution >= 4 is 35.7 Å². The fourth-order valence-electron chi connectivity index (χ4n) is 5.98. The molecule has 0 N–H and O–H groups in total. The second kappa shape index (κ2) is 6.74. The molecule has 0 saturated heterocycles. The Morgan fingerprint density at radius 2 is 1.91 bits per heavy atom. The number of benzene rings is 2. The molecule has 2 unspecified atom stereocenters. The van der Waals surface area contributed by atoms with Crippen molar-refractivity contribution in [1.29, 1.82) is 0 Å². The molecule has 0 saturated carbocycles. The molecule has 32 heavy (non-hydrogen) atoms. The topological polar surface area (TPSA) is 9.23 Å². The van der Waals surface area contributed by atoms with Gasteiger partial charge >= 0.3 is 0 Å². The van der Waals surface area contributed by atoms with Crippen LogP contribution in [-0.2, 0) is 5.41 Å². The Hall–Kier alpha value is -2.04. The van der Waals surface area contributed by atoms with Crippen LogP contribution in [-0.4, -0.2) is 18.1 Å². The van der Waals surface area contributed by atoms with Crippen molar-refractivity contribution in [3.05, 3.63) is 98.7 Å². The molecular formula is C28H25BOS2. The highest BCUT2D eigenvalue weighted by Crippen LogP contribution is 2.58. The highest BCUT2D eigenvalue weighted by Gasteiger charge is 2.48. The normalized spacial score (nSPS) is 26.8. The summed E-state index contributed by atoms with van der Waals surface area (Å²) in [6.45, 7) is 7.22. The van der Waals surface area contributed by atoms with E-state index >= 15 is 0 Å². The summed E-state index contributed by atoms with van der Waals surface area (Å²) in [5.41, 5.74) is 7.36. The van der Waals surface area contributed by atoms with Gasteiger partial charge in [0.25, 0.3) is 0 Å². The Labute approximate surface area is 199 Å². The molecule has 1 nitrogen and oxygen atoms in total. The van der Waals surface area contributed by atoms with E-state index in [9.17, 15) is 0 Å². The van der Waals surface area contributed by atoms with Gasteiger partial charge in [0.1, 0.15) is 11.9 Å². The van der Waals surface area contributed by atoms with Crippen LogP contribution in [0.2, 0.25) is 0 Å². The number of thioether (sulfide) groups is 2. The Balaban J connectivity index is 1.43. The van der Waals surface area contributed by atoms with Crippen molar-refractivity contribution in [1.82, 2.24) is 0 Å². The van der Waals surface area contributed by atoms with E-state index in [1.807, 2.05) is 11.8 Å². The monoisotopic (exact) mass is 452 g/mol. The number of rotatable bonds is 0. The number of ether oxygens (including phenoxy) is 1. The summed E-state index contributed by atoms with van der Waals surface area (Å²) in [6.07, 6.45) is 10.7. The predicted molar refractivity (Wildman–Crippen MR) is 138 cm³/mol. The lowest BCUT2D eigenvalue weighted by atomic mass is 9.33. The van der Waals surface area contributed by atoms with Crippen LogP contribution in [0.3, 0.4) is 0 Å². The number of hydrogen-bond donors (Lipinski definition) is 0. The second-order valence-corrected chi connectivity index (χ2v) is 12.7. The number of hydrogen-bond acceptors (Lipinski definition) is 3. The van der Waals surface area contributed by atoms with Crippen molar-refractivity contribution in [3.8, 4) is 5.75 Å². The molecule has 0 amide bonds. The smallest absolute Gasteiger partial charge is 0.242 e. The fraction of sp³-hybridized carbons (Fsp3) is 0.286. The van der Waals surface area contributed by atoms with Crippen LogP contribution in [0.15, 0.2) is 92.4 Å². The van der Waals surface area contributed by atoms with Crippen LogP contribution in [0, 0.1) is 0 Å². The molecule has 3 heterocycles. The van der Waals surface area contributed by atoms with Gasteiger partial charge in [-0.3, -0.25) is 0 Å². The quantitative estimate of drug-likeness (QED) is 0.419. The van der Waals surface area contributed by atoms with Crippen LogP contribution < -0.4 is 10.2 Å². The number of allylic oxidation sites excluding steroid dienone is 4. The lowest BCUT2D eigenvalue weighted by molar-refractivity contribution is 0.262. The summed E-state index contributed by atoms with van der Waals surface area (Å²) in [7, 11) is 0. The highest BCUT2D eigenvalue weighted by atomic mass is 32.2. The molecule has 3 aliphatic heterocycles. The lowest BCUT2D eigenvalue weighted by Gasteiger charge is -2.41. The summed E-state index contributed by atoms with van der Waals surface area (Å²) < 4.78 is 6.65. The van der Waals surface area contributed by atoms with Gasteiger partial charge in [-0.25, -0.2) is 0 Å². The SMILES string of the molecule is CC(C)(C)c1cccc2c1OC1C=CC3=C(SC4=C5B3c3ccccc3S[C@@H]5CC=C4)C21. The fourth-order valence-corrected chi connectivity index (χ4v) is 8.91. The molecule has 0 bridgehead atoms. The first-order chi connectivity index (χ1) is 15.5. The summed E-state index contributed by atoms with van der Waals surface area (Å²) in [5.74, 6) is 1.41. The Bertz CT molecular complexity index is 1290. The van der Waals surface area contributed by atoms with Crippen LogP contribution in [0.25, 0.3) is 0 Å². The molecule has 0 radical (unpaired) electrons. The van der Waals surface area contributed by atoms with E-state index in [1.165, 1.54) is 36.8 Å². The standard InChI is InChI=1S/C28H25BOS2/c1-28(2,3)17-9-6-8-16-24-20(30-26(16)17)15-14-19-27(24)32-23-13-7-12-22-25(23)29(19)18-10-4-5-11-21(18)31-22/h4-11,13-15,20,22,24H,12H2,1-3H3/t20?,22-,24?/m1/s1. The van der Waals surface area contributed by atoms with E-state index in [1.54, 1.807) is 5.47 Å². The van der Waals surface area contributed by atoms with Crippen molar-refractivity contribution in [2.24, 2.45) is 0 Å². The van der Waals surface area contributed by atoms with Gasteiger partial charge in [-0.05, 0) is 34.4 Å². The molecule has 4 heteroatoms. The molecule has 0 aromatic heterocycles. The molecule has 2 aliphatic carbocycles. The third kappa shape index (κ3) is 2.63. The first-order valence-corrected chi connectivity index (χ1v) is 13.3. The van der Waals surface area contributed by atoms with E-state index in [2.05, 4.69) is 99.3 Å². The zero-order valence-corrected chi connectivity index (χ0v) is 20.2. The largest absolute Gasteiger partial charge is 0.485 e. The number of fused-ring (bicyclic) bond motifs is 7. The second-order valence-electron chi connectivity index (χ2n) is 10.3. The first-order valence-electron chi connectivity index (χ1n) is 11.6. The average Bonchev–Trinajstić information content (AvgIpc) is 3.17. The lowest BCUT2D eigenvalue weighted by Crippen LogP contribution is -2.46. The van der Waals surface area contributed by atoms with Crippen molar-refractivity contribution < 1.29 is 4.74 Å². The molecule has 2 aromatic rings. The molecule has 5 aliphatic rings. The van der Waals surface area contributed by atoms with E-state index in [4.69, 9.17) is 4.74 Å². The zero-order chi connectivity index (χ0) is 21.6. The summed E-state index contributed by atoms with van der Waals surface area (Å²) >= 11 is 4.07. The van der Waals surface area contributed by atoms with Gasteiger partial charge in [0.2, 0.25) is 6.71 Å². The Kier molecular flexibility index (Phi) is 4.09. The highest BCUT2D eigenvalue weighted by molar-refractivity contribution is 8.07. The van der Waals surface area contributed by atoms with E-state index < -0.39 is 0 Å². The van der Waals surface area contributed by atoms with Crippen LogP contribution in [0.1, 0.15) is 44.2 Å². The summed E-state index contributed by atoms with van der Waals surface area (Å²) in [4.78, 5) is 4.42. The van der Waals surface area contributed by atoms with Gasteiger partial charge < -0.3 is 4.74 Å². The number of para-hydroxylation sites is 1. The van der Waals surface area contributed by atoms with Gasteiger partial charge in [-0.1, -0.05) is 104 Å². The van der Waals surface area contributed by atoms with E-state index in [0.29, 0.717) is 17.9 Å². The molecular weight excluding hydrogens is 427 g/mol. The minimum Gasteiger partial charge on any atom is -0.485 e. The summed E-state index contributed by atoms with van der Waals surface area (Å²) in [5, 5.41) is 0.558. The van der Waals surface area contributed by atoms with E-state index in [-0.39, 0.29) is 11.5 Å². The van der Waals surface area contributed by atoms with Crippen LogP contribution in [0.5, 0.6) is 5.75 Å². The van der Waals surface area contributed by atoms with Crippen molar-refractivity contribution in [3.63, 3.8) is 0 Å². The maximum absolute atomic E-state index is 6.65. The molecule has 3 atom stereocenters. The first kappa shape index (κ1) is 19.4. The Morgan fingerprint density at radius 3 is 2.78 bits per heavy atom. The van der Waals surface area contributed by atoms with Gasteiger partial charge in [0.05, 0.1) is 5.92 Å². The molecule has 2 aromatic carbocycles. The van der Waals surface area contributed by atoms with Gasteiger partial charge in [-0.2, -0.15) is 0 Å². The van der Waals surface area contributed by atoms with E-state index in [0.717, 1.165) is 12.2 Å². The van der Waals surface area contributed by atoms with Crippen LogP contribution >= 0.6 is 23.5 Å². The molecule has 0 spiro atoms. The van der Waals surface area contributed by atoms with Crippen LogP contribution in [0.4, 0.5) is 0 Å². The molecule has 0 fully saturated rings. The third-order valence-electron chi connectivity index (χ3n) is 7.40. The van der Waals surface area contributed by atoms with Crippen molar-refractivity contribution in [2.45, 2.75) is 54.8 Å². The average molecular weight is 452 g/mol. The van der Waals surface area contributed by atoms with Gasteiger partial charge in [0.15, 0.2) is 0 Å². The zero-order valence-electron chi connectivity index (χ0n) is 18.6. The molecule has 158 valence electrons. The maximum Gasteiger partial charge on any atom is 0.242 e. The summed E-state index contributed by atoms with van der Waals surface area (Å²) in [6, 6.07) is 15.8. The van der Waals surface area contributed by atoms with Crippen molar-refractivity contribution in [2.75, 3.05) is 0 Å². The third-order valence-corrected chi connectivity index (χ3v) is 10.1.